The molecule has 7 heteroatoms. The van der Waals surface area contributed by atoms with Crippen LogP contribution in [0.5, 0.6) is 11.5 Å². The normalized spacial score (nSPS) is 11.5. The Morgan fingerprint density at radius 2 is 1.78 bits per heavy atom. The molecule has 27 heavy (non-hydrogen) atoms. The molecule has 0 fully saturated rings. The fourth-order valence-corrected chi connectivity index (χ4v) is 2.78. The van der Waals surface area contributed by atoms with Crippen molar-refractivity contribution in [2.75, 3.05) is 5.32 Å². The van der Waals surface area contributed by atoms with Gasteiger partial charge >= 0.3 is 6.03 Å². The highest BCUT2D eigenvalue weighted by Gasteiger charge is 2.13. The summed E-state index contributed by atoms with van der Waals surface area (Å²) in [6.45, 7) is 1.88. The summed E-state index contributed by atoms with van der Waals surface area (Å²) >= 11 is 12.1. The van der Waals surface area contributed by atoms with E-state index < -0.39 is 0 Å². The second kappa shape index (κ2) is 8.75. The standard InChI is InChI=1S/C20H17Cl2N3O2/c1-13(24-20(26)25-18-7-3-6-17(21)19(18)22)14-4-2-5-16(12-14)27-15-8-10-23-11-9-15/h2-13H,1H3,(H2,24,25,26). The molecule has 1 unspecified atom stereocenters. The van der Waals surface area contributed by atoms with Gasteiger partial charge in [0.05, 0.1) is 21.8 Å². The highest BCUT2D eigenvalue weighted by molar-refractivity contribution is 6.43. The van der Waals surface area contributed by atoms with E-state index in [0.717, 1.165) is 5.56 Å². The van der Waals surface area contributed by atoms with Gasteiger partial charge in [0, 0.05) is 12.4 Å². The van der Waals surface area contributed by atoms with Gasteiger partial charge in [0.25, 0.3) is 0 Å². The quantitative estimate of drug-likeness (QED) is 0.545. The summed E-state index contributed by atoms with van der Waals surface area (Å²) in [7, 11) is 0. The lowest BCUT2D eigenvalue weighted by molar-refractivity contribution is 0.249. The number of hydrogen-bond donors (Lipinski definition) is 2. The van der Waals surface area contributed by atoms with Crippen LogP contribution in [0.1, 0.15) is 18.5 Å². The van der Waals surface area contributed by atoms with Gasteiger partial charge in [0.1, 0.15) is 11.5 Å². The number of aromatic nitrogens is 1. The van der Waals surface area contributed by atoms with Crippen LogP contribution in [0.3, 0.4) is 0 Å². The Balaban J connectivity index is 1.65. The first kappa shape index (κ1) is 19.0. The van der Waals surface area contributed by atoms with Crippen LogP contribution in [0.15, 0.2) is 67.0 Å². The largest absolute Gasteiger partial charge is 0.457 e. The zero-order chi connectivity index (χ0) is 19.2. The van der Waals surface area contributed by atoms with Crippen molar-refractivity contribution in [3.05, 3.63) is 82.6 Å². The Morgan fingerprint density at radius 3 is 2.56 bits per heavy atom. The Bertz CT molecular complexity index is 936. The molecule has 1 aromatic heterocycles. The zero-order valence-electron chi connectivity index (χ0n) is 14.4. The number of pyridine rings is 1. The van der Waals surface area contributed by atoms with Crippen LogP contribution < -0.4 is 15.4 Å². The highest BCUT2D eigenvalue weighted by atomic mass is 35.5. The van der Waals surface area contributed by atoms with Crippen molar-refractivity contribution in [1.82, 2.24) is 10.3 Å². The van der Waals surface area contributed by atoms with Crippen molar-refractivity contribution in [2.24, 2.45) is 0 Å². The molecule has 0 bridgehead atoms. The van der Waals surface area contributed by atoms with Crippen molar-refractivity contribution in [3.8, 4) is 11.5 Å². The minimum Gasteiger partial charge on any atom is -0.457 e. The van der Waals surface area contributed by atoms with Crippen LogP contribution in [-0.2, 0) is 0 Å². The molecule has 3 aromatic rings. The second-order valence-corrected chi connectivity index (χ2v) is 6.56. The number of amides is 2. The second-order valence-electron chi connectivity index (χ2n) is 5.78. The molecule has 0 saturated carbocycles. The third-order valence-electron chi connectivity index (χ3n) is 3.79. The number of nitrogens with zero attached hydrogens (tertiary/aromatic N) is 1. The number of urea groups is 1. The van der Waals surface area contributed by atoms with E-state index in [0.29, 0.717) is 27.2 Å². The van der Waals surface area contributed by atoms with Crippen molar-refractivity contribution in [3.63, 3.8) is 0 Å². The van der Waals surface area contributed by atoms with Crippen LogP contribution in [0.2, 0.25) is 10.0 Å². The van der Waals surface area contributed by atoms with Crippen LogP contribution in [-0.4, -0.2) is 11.0 Å². The van der Waals surface area contributed by atoms with Gasteiger partial charge in [-0.25, -0.2) is 4.79 Å². The summed E-state index contributed by atoms with van der Waals surface area (Å²) in [5.74, 6) is 1.36. The Hall–Kier alpha value is -2.76. The molecule has 0 saturated heterocycles. The summed E-state index contributed by atoms with van der Waals surface area (Å²) in [6, 6.07) is 15.5. The number of halogens is 2. The maximum Gasteiger partial charge on any atom is 0.319 e. The van der Waals surface area contributed by atoms with E-state index in [1.807, 2.05) is 31.2 Å². The Morgan fingerprint density at radius 1 is 1.04 bits per heavy atom. The van der Waals surface area contributed by atoms with Crippen molar-refractivity contribution < 1.29 is 9.53 Å². The number of carbonyl (C=O) groups is 1. The van der Waals surface area contributed by atoms with E-state index in [-0.39, 0.29) is 12.1 Å². The summed E-state index contributed by atoms with van der Waals surface area (Å²) in [6.07, 6.45) is 3.32. The SMILES string of the molecule is CC(NC(=O)Nc1cccc(Cl)c1Cl)c1cccc(Oc2ccncc2)c1. The molecule has 138 valence electrons. The molecule has 3 rings (SSSR count). The van der Waals surface area contributed by atoms with Gasteiger partial charge < -0.3 is 15.4 Å². The maximum atomic E-state index is 12.3. The molecule has 5 nitrogen and oxygen atoms in total. The van der Waals surface area contributed by atoms with E-state index in [4.69, 9.17) is 27.9 Å². The number of ether oxygens (including phenoxy) is 1. The molecule has 2 amide bonds. The van der Waals surface area contributed by atoms with Gasteiger partial charge in [-0.1, -0.05) is 41.4 Å². The fourth-order valence-electron chi connectivity index (χ4n) is 2.43. The molecule has 0 aliphatic rings. The first-order valence-corrected chi connectivity index (χ1v) is 8.98. The highest BCUT2D eigenvalue weighted by Crippen LogP contribution is 2.29. The van der Waals surface area contributed by atoms with Gasteiger partial charge in [0.15, 0.2) is 0 Å². The number of rotatable bonds is 5. The van der Waals surface area contributed by atoms with Crippen LogP contribution in [0, 0.1) is 0 Å². The molecule has 1 heterocycles. The lowest BCUT2D eigenvalue weighted by Crippen LogP contribution is -2.31. The van der Waals surface area contributed by atoms with E-state index >= 15 is 0 Å². The molecule has 0 radical (unpaired) electrons. The van der Waals surface area contributed by atoms with E-state index in [1.165, 1.54) is 0 Å². The van der Waals surface area contributed by atoms with Gasteiger partial charge in [-0.3, -0.25) is 4.98 Å². The first-order chi connectivity index (χ1) is 13.0. The Labute approximate surface area is 167 Å². The van der Waals surface area contributed by atoms with Crippen molar-refractivity contribution in [1.29, 1.82) is 0 Å². The monoisotopic (exact) mass is 401 g/mol. The predicted molar refractivity (Wildman–Crippen MR) is 108 cm³/mol. The minimum absolute atomic E-state index is 0.246. The average molecular weight is 402 g/mol. The molecular formula is C20H17Cl2N3O2. The molecule has 0 aliphatic carbocycles. The van der Waals surface area contributed by atoms with Gasteiger partial charge in [-0.05, 0) is 48.9 Å². The number of hydrogen-bond acceptors (Lipinski definition) is 3. The number of anilines is 1. The fraction of sp³-hybridized carbons (Fsp3) is 0.100. The molecule has 0 spiro atoms. The predicted octanol–water partition coefficient (Wildman–Crippen LogP) is 6.06. The molecule has 2 N–H and O–H groups in total. The van der Waals surface area contributed by atoms with Gasteiger partial charge in [0.2, 0.25) is 0 Å². The number of carbonyl (C=O) groups excluding carboxylic acids is 1. The van der Waals surface area contributed by atoms with E-state index in [2.05, 4.69) is 15.6 Å². The smallest absolute Gasteiger partial charge is 0.319 e. The number of nitrogens with one attached hydrogen (secondary N) is 2. The lowest BCUT2D eigenvalue weighted by atomic mass is 10.1. The average Bonchev–Trinajstić information content (AvgIpc) is 2.66. The molecule has 1 atom stereocenters. The minimum atomic E-state index is -0.382. The van der Waals surface area contributed by atoms with Crippen LogP contribution >= 0.6 is 23.2 Å². The summed E-state index contributed by atoms with van der Waals surface area (Å²) in [4.78, 5) is 16.2. The van der Waals surface area contributed by atoms with Crippen molar-refractivity contribution >= 4 is 34.9 Å². The van der Waals surface area contributed by atoms with E-state index in [9.17, 15) is 4.79 Å². The van der Waals surface area contributed by atoms with Crippen LogP contribution in [0.25, 0.3) is 0 Å². The first-order valence-electron chi connectivity index (χ1n) is 8.22. The zero-order valence-corrected chi connectivity index (χ0v) is 16.0. The third kappa shape index (κ3) is 5.12. The van der Waals surface area contributed by atoms with Crippen molar-refractivity contribution in [2.45, 2.75) is 13.0 Å². The molecule has 2 aromatic carbocycles. The topological polar surface area (TPSA) is 63.2 Å². The summed E-state index contributed by atoms with van der Waals surface area (Å²) < 4.78 is 5.80. The van der Waals surface area contributed by atoms with E-state index in [1.54, 1.807) is 42.7 Å². The van der Waals surface area contributed by atoms with Crippen LogP contribution in [0.4, 0.5) is 10.5 Å². The third-order valence-corrected chi connectivity index (χ3v) is 4.61. The molecule has 0 aliphatic heterocycles. The molecular weight excluding hydrogens is 385 g/mol. The summed E-state index contributed by atoms with van der Waals surface area (Å²) in [5.41, 5.74) is 1.34. The summed E-state index contributed by atoms with van der Waals surface area (Å²) in [5, 5.41) is 6.25. The maximum absolute atomic E-state index is 12.3. The lowest BCUT2D eigenvalue weighted by Gasteiger charge is -2.17. The van der Waals surface area contributed by atoms with Gasteiger partial charge in [-0.15, -0.1) is 0 Å². The Kier molecular flexibility index (Phi) is 6.16. The number of benzene rings is 2. The van der Waals surface area contributed by atoms with Gasteiger partial charge in [-0.2, -0.15) is 0 Å².